The molecule has 0 aromatic carbocycles. The van der Waals surface area contributed by atoms with E-state index >= 15 is 0 Å². The van der Waals surface area contributed by atoms with Crippen LogP contribution in [-0.2, 0) is 14.3 Å². The molecule has 0 aliphatic carbocycles. The van der Waals surface area contributed by atoms with Crippen LogP contribution >= 0.6 is 0 Å². The van der Waals surface area contributed by atoms with E-state index in [2.05, 4.69) is 56.5 Å². The Balaban J connectivity index is 4.63. The molecule has 0 bridgehead atoms. The number of ether oxygens (including phenoxy) is 1. The van der Waals surface area contributed by atoms with Crippen molar-refractivity contribution in [2.75, 3.05) is 6.61 Å². The molecule has 0 rings (SSSR count). The van der Waals surface area contributed by atoms with Crippen LogP contribution in [-0.4, -0.2) is 46.9 Å². The molecule has 346 valence electrons. The summed E-state index contributed by atoms with van der Waals surface area (Å²) < 4.78 is 5.88. The topological polar surface area (TPSA) is 95.9 Å². The first-order valence-corrected chi connectivity index (χ1v) is 25.2. The third-order valence-corrected chi connectivity index (χ3v) is 11.1. The van der Waals surface area contributed by atoms with Crippen LogP contribution < -0.4 is 5.32 Å². The lowest BCUT2D eigenvalue weighted by Gasteiger charge is -2.24. The summed E-state index contributed by atoms with van der Waals surface area (Å²) >= 11 is 0. The highest BCUT2D eigenvalue weighted by Crippen LogP contribution is 2.17. The van der Waals surface area contributed by atoms with Gasteiger partial charge in [-0.1, -0.05) is 229 Å². The minimum atomic E-state index is -0.804. The number of unbranched alkanes of at least 4 members (excludes halogenated alkanes) is 24. The lowest BCUT2D eigenvalue weighted by atomic mass is 10.0. The first-order valence-electron chi connectivity index (χ1n) is 25.2. The highest BCUT2D eigenvalue weighted by Gasteiger charge is 2.24. The molecule has 3 atom stereocenters. The van der Waals surface area contributed by atoms with Gasteiger partial charge in [0, 0.05) is 6.42 Å². The van der Waals surface area contributed by atoms with Gasteiger partial charge in [-0.15, -0.1) is 0 Å². The molecular formula is C54H95NO5. The fourth-order valence-electron chi connectivity index (χ4n) is 7.33. The molecule has 0 radical (unpaired) electrons. The van der Waals surface area contributed by atoms with E-state index in [1.807, 2.05) is 42.5 Å². The standard InChI is InChI=1S/C54H95NO5/c1-4-7-10-13-16-19-22-24-26-28-31-34-37-40-43-46-52(57)51(49-56)55-53(58)48-50(45-42-39-36-33-30-21-18-15-12-9-6-3)60-54(59)47-44-41-38-35-32-29-27-25-23-20-17-14-11-8-5-2/h8,11,14,17,20,23,25,27,29,32-33,36,50-52,56-57H,4-7,9-10,12-13,15-16,18-19,21-22,24,26,28,30-31,34-35,37-49H2,1-3H3,(H,55,58)/b11-8+,17-14+,23-20-,27-25-,32-29+,36-33-. The van der Waals surface area contributed by atoms with Gasteiger partial charge in [0.15, 0.2) is 0 Å². The fraction of sp³-hybridized carbons (Fsp3) is 0.741. The first-order chi connectivity index (χ1) is 29.5. The van der Waals surface area contributed by atoms with Crippen LogP contribution in [0.15, 0.2) is 72.9 Å². The maximum atomic E-state index is 13.2. The van der Waals surface area contributed by atoms with Crippen molar-refractivity contribution in [2.45, 2.75) is 251 Å². The predicted octanol–water partition coefficient (Wildman–Crippen LogP) is 15.0. The van der Waals surface area contributed by atoms with E-state index in [0.717, 1.165) is 70.6 Å². The summed E-state index contributed by atoms with van der Waals surface area (Å²) in [6.45, 7) is 6.31. The van der Waals surface area contributed by atoms with Crippen LogP contribution in [0.1, 0.15) is 233 Å². The number of aliphatic hydroxyl groups excluding tert-OH is 2. The van der Waals surface area contributed by atoms with E-state index in [-0.39, 0.29) is 24.9 Å². The monoisotopic (exact) mass is 838 g/mol. The van der Waals surface area contributed by atoms with Crippen LogP contribution in [0.4, 0.5) is 0 Å². The molecule has 1 amide bonds. The van der Waals surface area contributed by atoms with Crippen molar-refractivity contribution in [1.29, 1.82) is 0 Å². The van der Waals surface area contributed by atoms with Crippen molar-refractivity contribution in [3.05, 3.63) is 72.9 Å². The number of allylic oxidation sites excluding steroid dienone is 12. The average molecular weight is 838 g/mol. The summed E-state index contributed by atoms with van der Waals surface area (Å²) in [6, 6.07) is -0.721. The van der Waals surface area contributed by atoms with Crippen LogP contribution in [0.2, 0.25) is 0 Å². The van der Waals surface area contributed by atoms with Crippen molar-refractivity contribution in [1.82, 2.24) is 5.32 Å². The Morgan fingerprint density at radius 2 is 0.933 bits per heavy atom. The number of aliphatic hydroxyl groups is 2. The van der Waals surface area contributed by atoms with Gasteiger partial charge >= 0.3 is 5.97 Å². The average Bonchev–Trinajstić information content (AvgIpc) is 3.24. The molecule has 0 spiro atoms. The molecule has 60 heavy (non-hydrogen) atoms. The largest absolute Gasteiger partial charge is 0.462 e. The van der Waals surface area contributed by atoms with Gasteiger partial charge in [0.05, 0.1) is 25.2 Å². The van der Waals surface area contributed by atoms with E-state index in [1.54, 1.807) is 0 Å². The van der Waals surface area contributed by atoms with Gasteiger partial charge in [-0.25, -0.2) is 0 Å². The third-order valence-electron chi connectivity index (χ3n) is 11.1. The normalized spacial score (nSPS) is 13.9. The molecule has 6 heteroatoms. The van der Waals surface area contributed by atoms with Crippen LogP contribution in [0, 0.1) is 0 Å². The zero-order chi connectivity index (χ0) is 43.8. The Bertz CT molecular complexity index is 1120. The number of rotatable bonds is 44. The number of hydrogen-bond donors (Lipinski definition) is 3. The second kappa shape index (κ2) is 47.4. The molecule has 0 saturated carbocycles. The maximum absolute atomic E-state index is 13.2. The summed E-state index contributed by atoms with van der Waals surface area (Å²) in [4.78, 5) is 26.1. The van der Waals surface area contributed by atoms with Gasteiger partial charge in [-0.05, 0) is 64.2 Å². The number of esters is 1. The van der Waals surface area contributed by atoms with Gasteiger partial charge in [0.2, 0.25) is 5.91 Å². The minimum absolute atomic E-state index is 0.0368. The number of carbonyl (C=O) groups excluding carboxylic acids is 2. The van der Waals surface area contributed by atoms with Crippen molar-refractivity contribution in [3.63, 3.8) is 0 Å². The Hall–Kier alpha value is -2.70. The van der Waals surface area contributed by atoms with E-state index in [4.69, 9.17) is 4.74 Å². The Morgan fingerprint density at radius 1 is 0.500 bits per heavy atom. The number of amides is 1. The molecule has 0 heterocycles. The molecule has 0 aromatic rings. The van der Waals surface area contributed by atoms with Crippen LogP contribution in [0.3, 0.4) is 0 Å². The number of hydrogen-bond acceptors (Lipinski definition) is 5. The summed E-state index contributed by atoms with van der Waals surface area (Å²) in [5.41, 5.74) is 0. The Morgan fingerprint density at radius 3 is 1.45 bits per heavy atom. The van der Waals surface area contributed by atoms with Gasteiger partial charge in [-0.3, -0.25) is 9.59 Å². The number of carbonyl (C=O) groups is 2. The van der Waals surface area contributed by atoms with Crippen LogP contribution in [0.25, 0.3) is 0 Å². The smallest absolute Gasteiger partial charge is 0.306 e. The second-order valence-electron chi connectivity index (χ2n) is 17.0. The summed E-state index contributed by atoms with van der Waals surface area (Å²) in [5, 5.41) is 23.7. The van der Waals surface area contributed by atoms with E-state index in [0.29, 0.717) is 19.3 Å². The highest BCUT2D eigenvalue weighted by molar-refractivity contribution is 5.77. The van der Waals surface area contributed by atoms with Crippen molar-refractivity contribution in [2.24, 2.45) is 0 Å². The van der Waals surface area contributed by atoms with Gasteiger partial charge in [0.1, 0.15) is 6.10 Å². The van der Waals surface area contributed by atoms with E-state index in [9.17, 15) is 19.8 Å². The van der Waals surface area contributed by atoms with Gasteiger partial charge in [-0.2, -0.15) is 0 Å². The van der Waals surface area contributed by atoms with Crippen molar-refractivity contribution >= 4 is 11.9 Å². The molecule has 0 aromatic heterocycles. The number of nitrogens with one attached hydrogen (secondary N) is 1. The van der Waals surface area contributed by atoms with Gasteiger partial charge in [0.25, 0.3) is 0 Å². The van der Waals surface area contributed by atoms with Crippen LogP contribution in [0.5, 0.6) is 0 Å². The van der Waals surface area contributed by atoms with Crippen molar-refractivity contribution in [3.8, 4) is 0 Å². The third kappa shape index (κ3) is 42.0. The molecular weight excluding hydrogens is 743 g/mol. The Labute approximate surface area is 371 Å². The molecule has 3 N–H and O–H groups in total. The van der Waals surface area contributed by atoms with Gasteiger partial charge < -0.3 is 20.3 Å². The SMILES string of the molecule is CC/C=C/C=C/C=C\C=C/C=C/CCCCCC(=O)OC(CCC/C=C\CCCCCCCC)CC(=O)NC(CO)C(O)CCCCCCCCCCCCCCCCC. The molecule has 0 saturated heterocycles. The summed E-state index contributed by atoms with van der Waals surface area (Å²) in [7, 11) is 0. The predicted molar refractivity (Wildman–Crippen MR) is 259 cm³/mol. The summed E-state index contributed by atoms with van der Waals surface area (Å²) in [6.07, 6.45) is 59.6. The molecule has 3 unspecified atom stereocenters. The fourth-order valence-corrected chi connectivity index (χ4v) is 7.33. The lowest BCUT2D eigenvalue weighted by molar-refractivity contribution is -0.151. The lowest BCUT2D eigenvalue weighted by Crippen LogP contribution is -2.46. The molecule has 0 aliphatic heterocycles. The van der Waals surface area contributed by atoms with Crippen molar-refractivity contribution < 1.29 is 24.5 Å². The Kier molecular flexibility index (Phi) is 45.2. The zero-order valence-corrected chi connectivity index (χ0v) is 39.3. The summed E-state index contributed by atoms with van der Waals surface area (Å²) in [5.74, 6) is -0.555. The maximum Gasteiger partial charge on any atom is 0.306 e. The molecule has 6 nitrogen and oxygen atoms in total. The second-order valence-corrected chi connectivity index (χ2v) is 17.0. The molecule has 0 aliphatic rings. The zero-order valence-electron chi connectivity index (χ0n) is 39.3. The molecule has 0 fully saturated rings. The first kappa shape index (κ1) is 57.3. The van der Waals surface area contributed by atoms with E-state index < -0.39 is 18.2 Å². The van der Waals surface area contributed by atoms with E-state index in [1.165, 1.54) is 116 Å². The minimum Gasteiger partial charge on any atom is -0.462 e. The quantitative estimate of drug-likeness (QED) is 0.0246. The highest BCUT2D eigenvalue weighted by atomic mass is 16.5.